The van der Waals surface area contributed by atoms with Gasteiger partial charge < -0.3 is 10.2 Å². The summed E-state index contributed by atoms with van der Waals surface area (Å²) in [7, 11) is 0. The molecule has 1 N–H and O–H groups in total. The van der Waals surface area contributed by atoms with Crippen LogP contribution in [0, 0.1) is 6.92 Å². The highest BCUT2D eigenvalue weighted by molar-refractivity contribution is 5.94. The molecule has 24 heavy (non-hydrogen) atoms. The van der Waals surface area contributed by atoms with Gasteiger partial charge in [0.2, 0.25) is 5.91 Å². The fraction of sp³-hybridized carbons (Fsp3) is 0.300. The van der Waals surface area contributed by atoms with Crippen LogP contribution in [0.15, 0.2) is 48.5 Å². The Morgan fingerprint density at radius 3 is 2.33 bits per heavy atom. The Labute approximate surface area is 142 Å². The summed E-state index contributed by atoms with van der Waals surface area (Å²) >= 11 is 0. The first-order chi connectivity index (χ1) is 11.6. The Morgan fingerprint density at radius 1 is 1.04 bits per heavy atom. The maximum absolute atomic E-state index is 12.2. The second kappa shape index (κ2) is 7.30. The van der Waals surface area contributed by atoms with E-state index in [2.05, 4.69) is 5.32 Å². The predicted octanol–water partition coefficient (Wildman–Crippen LogP) is 3.05. The first-order valence-electron chi connectivity index (χ1n) is 8.32. The third kappa shape index (κ3) is 4.02. The zero-order chi connectivity index (χ0) is 16.9. The van der Waals surface area contributed by atoms with Gasteiger partial charge in [-0.15, -0.1) is 0 Å². The number of rotatable bonds is 5. The molecule has 4 nitrogen and oxygen atoms in total. The van der Waals surface area contributed by atoms with Crippen LogP contribution in [-0.4, -0.2) is 23.3 Å². The molecule has 0 atom stereocenters. The van der Waals surface area contributed by atoms with Gasteiger partial charge >= 0.3 is 0 Å². The molecule has 1 aliphatic heterocycles. The molecule has 2 aromatic rings. The third-order valence-electron chi connectivity index (χ3n) is 4.33. The first kappa shape index (κ1) is 16.2. The molecule has 2 amide bonds. The van der Waals surface area contributed by atoms with E-state index < -0.39 is 0 Å². The van der Waals surface area contributed by atoms with Gasteiger partial charge in [-0.3, -0.25) is 9.59 Å². The highest BCUT2D eigenvalue weighted by Crippen LogP contribution is 2.15. The molecule has 1 saturated heterocycles. The highest BCUT2D eigenvalue weighted by Gasteiger charge is 2.19. The molecule has 0 bridgehead atoms. The van der Waals surface area contributed by atoms with Crippen molar-refractivity contribution in [1.29, 1.82) is 0 Å². The number of hydrogen-bond acceptors (Lipinski definition) is 2. The summed E-state index contributed by atoms with van der Waals surface area (Å²) in [5, 5.41) is 2.93. The maximum atomic E-state index is 12.2. The van der Waals surface area contributed by atoms with Crippen molar-refractivity contribution in [2.24, 2.45) is 0 Å². The summed E-state index contributed by atoms with van der Waals surface area (Å²) in [5.41, 5.74) is 3.98. The van der Waals surface area contributed by atoms with Gasteiger partial charge in [-0.05, 0) is 36.6 Å². The van der Waals surface area contributed by atoms with Crippen LogP contribution in [0.3, 0.4) is 0 Å². The number of nitrogens with zero attached hydrogens (tertiary/aromatic N) is 1. The van der Waals surface area contributed by atoms with E-state index in [4.69, 9.17) is 0 Å². The molecule has 2 aromatic carbocycles. The van der Waals surface area contributed by atoms with Crippen molar-refractivity contribution >= 4 is 11.8 Å². The number of carbonyl (C=O) groups excluding carboxylic acids is 2. The van der Waals surface area contributed by atoms with Crippen LogP contribution < -0.4 is 5.32 Å². The maximum Gasteiger partial charge on any atom is 0.251 e. The Kier molecular flexibility index (Phi) is 4.94. The van der Waals surface area contributed by atoms with Crippen molar-refractivity contribution < 1.29 is 9.59 Å². The summed E-state index contributed by atoms with van der Waals surface area (Å²) in [4.78, 5) is 25.7. The molecular weight excluding hydrogens is 300 g/mol. The molecule has 3 rings (SSSR count). The number of aryl methyl sites for hydroxylation is 1. The summed E-state index contributed by atoms with van der Waals surface area (Å²) in [5.74, 6) is 0.134. The van der Waals surface area contributed by atoms with Crippen LogP contribution in [0.4, 0.5) is 0 Å². The van der Waals surface area contributed by atoms with E-state index in [9.17, 15) is 9.59 Å². The Hall–Kier alpha value is -2.62. The van der Waals surface area contributed by atoms with E-state index in [1.807, 2.05) is 60.4 Å². The van der Waals surface area contributed by atoms with Crippen molar-refractivity contribution in [1.82, 2.24) is 10.2 Å². The van der Waals surface area contributed by atoms with Gasteiger partial charge in [-0.1, -0.05) is 42.0 Å². The van der Waals surface area contributed by atoms with Crippen molar-refractivity contribution in [2.75, 3.05) is 6.54 Å². The zero-order valence-corrected chi connectivity index (χ0v) is 13.9. The average molecular weight is 322 g/mol. The SMILES string of the molecule is Cc1ccc(CNC(=O)c2ccc(CN3CCCC3=O)cc2)cc1. The Morgan fingerprint density at radius 2 is 1.71 bits per heavy atom. The quantitative estimate of drug-likeness (QED) is 0.920. The van der Waals surface area contributed by atoms with Gasteiger partial charge in [0.1, 0.15) is 0 Å². The van der Waals surface area contributed by atoms with Crippen LogP contribution in [0.1, 0.15) is 39.9 Å². The number of likely N-dealkylation sites (tertiary alicyclic amines) is 1. The minimum Gasteiger partial charge on any atom is -0.348 e. The lowest BCUT2D eigenvalue weighted by atomic mass is 10.1. The van der Waals surface area contributed by atoms with E-state index >= 15 is 0 Å². The second-order valence-electron chi connectivity index (χ2n) is 6.28. The number of nitrogens with one attached hydrogen (secondary N) is 1. The van der Waals surface area contributed by atoms with Gasteiger partial charge in [-0.2, -0.15) is 0 Å². The van der Waals surface area contributed by atoms with Gasteiger partial charge in [0, 0.05) is 31.6 Å². The molecule has 0 saturated carbocycles. The molecular formula is C20H22N2O2. The summed E-state index contributed by atoms with van der Waals surface area (Å²) < 4.78 is 0. The van der Waals surface area contributed by atoms with E-state index in [1.165, 1.54) is 5.56 Å². The number of benzene rings is 2. The van der Waals surface area contributed by atoms with E-state index in [-0.39, 0.29) is 11.8 Å². The molecule has 1 aliphatic rings. The van der Waals surface area contributed by atoms with E-state index in [1.54, 1.807) is 0 Å². The normalized spacial score (nSPS) is 14.0. The minimum absolute atomic E-state index is 0.0839. The van der Waals surface area contributed by atoms with Crippen molar-refractivity contribution in [3.63, 3.8) is 0 Å². The fourth-order valence-electron chi connectivity index (χ4n) is 2.84. The van der Waals surface area contributed by atoms with Gasteiger partial charge in [0.25, 0.3) is 5.91 Å². The fourth-order valence-corrected chi connectivity index (χ4v) is 2.84. The van der Waals surface area contributed by atoms with Crippen LogP contribution in [-0.2, 0) is 17.9 Å². The van der Waals surface area contributed by atoms with Crippen molar-refractivity contribution in [3.05, 3.63) is 70.8 Å². The summed E-state index contributed by atoms with van der Waals surface area (Å²) in [6.07, 6.45) is 1.60. The van der Waals surface area contributed by atoms with Gasteiger partial charge in [0.15, 0.2) is 0 Å². The molecule has 124 valence electrons. The topological polar surface area (TPSA) is 49.4 Å². The number of hydrogen-bond donors (Lipinski definition) is 1. The zero-order valence-electron chi connectivity index (χ0n) is 13.9. The van der Waals surface area contributed by atoms with Gasteiger partial charge in [0.05, 0.1) is 0 Å². The molecule has 0 spiro atoms. The number of carbonyl (C=O) groups is 2. The lowest BCUT2D eigenvalue weighted by Crippen LogP contribution is -2.24. The lowest BCUT2D eigenvalue weighted by Gasteiger charge is -2.15. The molecule has 0 radical (unpaired) electrons. The molecule has 0 aliphatic carbocycles. The van der Waals surface area contributed by atoms with Crippen LogP contribution in [0.5, 0.6) is 0 Å². The first-order valence-corrected chi connectivity index (χ1v) is 8.32. The van der Waals surface area contributed by atoms with Crippen LogP contribution in [0.2, 0.25) is 0 Å². The van der Waals surface area contributed by atoms with Gasteiger partial charge in [-0.25, -0.2) is 0 Å². The lowest BCUT2D eigenvalue weighted by molar-refractivity contribution is -0.128. The predicted molar refractivity (Wildman–Crippen MR) is 93.4 cm³/mol. The van der Waals surface area contributed by atoms with E-state index in [0.29, 0.717) is 25.1 Å². The highest BCUT2D eigenvalue weighted by atomic mass is 16.2. The molecule has 4 heteroatoms. The monoisotopic (exact) mass is 322 g/mol. The van der Waals surface area contributed by atoms with Crippen LogP contribution >= 0.6 is 0 Å². The van der Waals surface area contributed by atoms with Crippen molar-refractivity contribution in [2.45, 2.75) is 32.9 Å². The number of amides is 2. The van der Waals surface area contributed by atoms with Crippen molar-refractivity contribution in [3.8, 4) is 0 Å². The average Bonchev–Trinajstić information content (AvgIpc) is 3.00. The molecule has 1 heterocycles. The smallest absolute Gasteiger partial charge is 0.251 e. The Balaban J connectivity index is 1.55. The van der Waals surface area contributed by atoms with E-state index in [0.717, 1.165) is 24.1 Å². The third-order valence-corrected chi connectivity index (χ3v) is 4.33. The second-order valence-corrected chi connectivity index (χ2v) is 6.28. The minimum atomic E-state index is -0.0839. The Bertz CT molecular complexity index is 720. The molecule has 0 aromatic heterocycles. The standard InChI is InChI=1S/C20H22N2O2/c1-15-4-6-16(7-5-15)13-21-20(24)18-10-8-17(9-11-18)14-22-12-2-3-19(22)23/h4-11H,2-3,12-14H2,1H3,(H,21,24). The summed E-state index contributed by atoms with van der Waals surface area (Å²) in [6, 6.07) is 15.6. The molecule has 1 fully saturated rings. The van der Waals surface area contributed by atoms with Crippen LogP contribution in [0.25, 0.3) is 0 Å². The largest absolute Gasteiger partial charge is 0.348 e. The molecule has 0 unspecified atom stereocenters. The summed E-state index contributed by atoms with van der Waals surface area (Å²) in [6.45, 7) is 4.02.